The molecule has 0 spiro atoms. The van der Waals surface area contributed by atoms with Gasteiger partial charge < -0.3 is 4.74 Å². The number of halogens is 1. The van der Waals surface area contributed by atoms with E-state index in [0.717, 1.165) is 28.6 Å². The number of amides is 1. The minimum Gasteiger partial charge on any atom is -0.376 e. The van der Waals surface area contributed by atoms with E-state index in [1.54, 1.807) is 29.2 Å². The van der Waals surface area contributed by atoms with Crippen LogP contribution in [0.25, 0.3) is 10.2 Å². The molecule has 0 aliphatic carbocycles. The van der Waals surface area contributed by atoms with Crippen molar-refractivity contribution in [2.24, 2.45) is 0 Å². The predicted molar refractivity (Wildman–Crippen MR) is 144 cm³/mol. The molecule has 5 rings (SSSR count). The van der Waals surface area contributed by atoms with E-state index in [1.807, 2.05) is 25.1 Å². The number of thiazole rings is 1. The second kappa shape index (κ2) is 10.2. The lowest BCUT2D eigenvalue weighted by molar-refractivity contribution is 0.0917. The molecule has 4 aromatic rings. The van der Waals surface area contributed by atoms with E-state index in [4.69, 9.17) is 21.3 Å². The zero-order chi connectivity index (χ0) is 25.3. The third-order valence-corrected chi connectivity index (χ3v) is 8.70. The maximum atomic E-state index is 13.6. The number of aromatic nitrogens is 1. The molecule has 0 radical (unpaired) electrons. The number of carbonyl (C=O) groups is 1. The van der Waals surface area contributed by atoms with Crippen molar-refractivity contribution in [1.29, 1.82) is 0 Å². The summed E-state index contributed by atoms with van der Waals surface area (Å²) in [5, 5.41) is 1.07. The number of sulfonamides is 1. The number of carbonyl (C=O) groups excluding carboxylic acids is 1. The number of aryl methyl sites for hydroxylation is 1. The van der Waals surface area contributed by atoms with Gasteiger partial charge in [0.05, 0.1) is 27.8 Å². The molecule has 1 atom stereocenters. The summed E-state index contributed by atoms with van der Waals surface area (Å²) in [6, 6.07) is 18.3. The van der Waals surface area contributed by atoms with E-state index < -0.39 is 10.0 Å². The molecule has 1 N–H and O–H groups in total. The van der Waals surface area contributed by atoms with Crippen molar-refractivity contribution >= 4 is 59.9 Å². The molecular weight excluding hydrogens is 518 g/mol. The summed E-state index contributed by atoms with van der Waals surface area (Å²) in [6.45, 7) is 3.10. The first-order chi connectivity index (χ1) is 17.3. The van der Waals surface area contributed by atoms with Crippen LogP contribution in [0.5, 0.6) is 0 Å². The van der Waals surface area contributed by atoms with Gasteiger partial charge in [0.15, 0.2) is 5.13 Å². The van der Waals surface area contributed by atoms with Gasteiger partial charge in [0.1, 0.15) is 0 Å². The number of para-hydroxylation sites is 1. The largest absolute Gasteiger partial charge is 0.376 e. The summed E-state index contributed by atoms with van der Waals surface area (Å²) in [7, 11) is -3.79. The van der Waals surface area contributed by atoms with Crippen LogP contribution in [0.1, 0.15) is 28.8 Å². The number of hydrogen-bond donors (Lipinski definition) is 1. The normalized spacial score (nSPS) is 15.8. The van der Waals surface area contributed by atoms with Crippen molar-refractivity contribution in [3.63, 3.8) is 0 Å². The van der Waals surface area contributed by atoms with Gasteiger partial charge in [-0.3, -0.25) is 14.4 Å². The van der Waals surface area contributed by atoms with Crippen LogP contribution in [0.2, 0.25) is 5.02 Å². The van der Waals surface area contributed by atoms with Crippen LogP contribution in [0, 0.1) is 6.92 Å². The molecule has 1 fully saturated rings. The first kappa shape index (κ1) is 24.7. The zero-order valence-corrected chi connectivity index (χ0v) is 21.9. The van der Waals surface area contributed by atoms with Gasteiger partial charge in [-0.15, -0.1) is 0 Å². The van der Waals surface area contributed by atoms with Gasteiger partial charge in [-0.25, -0.2) is 13.4 Å². The molecule has 1 saturated heterocycles. The molecule has 0 bridgehead atoms. The van der Waals surface area contributed by atoms with Crippen LogP contribution < -0.4 is 9.62 Å². The van der Waals surface area contributed by atoms with Gasteiger partial charge in [-0.2, -0.15) is 0 Å². The van der Waals surface area contributed by atoms with Crippen LogP contribution in [0.3, 0.4) is 0 Å². The van der Waals surface area contributed by atoms with Gasteiger partial charge in [0.2, 0.25) is 0 Å². The molecule has 0 saturated carbocycles. The highest BCUT2D eigenvalue weighted by Crippen LogP contribution is 2.32. The fourth-order valence-corrected chi connectivity index (χ4v) is 6.33. The Morgan fingerprint density at radius 1 is 1.14 bits per heavy atom. The average molecular weight is 542 g/mol. The molecule has 1 aromatic heterocycles. The van der Waals surface area contributed by atoms with Crippen molar-refractivity contribution in [1.82, 2.24) is 4.98 Å². The SMILES string of the molecule is Cc1cccc2sc(N(CC3CCCO3)C(=O)c3ccc(NS(=O)(=O)c4ccc(Cl)cc4)cc3)nc12. The van der Waals surface area contributed by atoms with Crippen LogP contribution in [-0.2, 0) is 14.8 Å². The Bertz CT molecular complexity index is 1500. The third-order valence-electron chi connectivity index (χ3n) is 6.00. The average Bonchev–Trinajstić information content (AvgIpc) is 3.53. The molecule has 1 amide bonds. The maximum absolute atomic E-state index is 13.6. The van der Waals surface area contributed by atoms with E-state index in [9.17, 15) is 13.2 Å². The summed E-state index contributed by atoms with van der Waals surface area (Å²) >= 11 is 7.33. The molecule has 10 heteroatoms. The molecule has 36 heavy (non-hydrogen) atoms. The highest BCUT2D eigenvalue weighted by molar-refractivity contribution is 7.92. The molecule has 186 valence electrons. The number of ether oxygens (including phenoxy) is 1. The third kappa shape index (κ3) is 5.24. The summed E-state index contributed by atoms with van der Waals surface area (Å²) < 4.78 is 34.7. The number of nitrogens with zero attached hydrogens (tertiary/aromatic N) is 2. The Morgan fingerprint density at radius 2 is 1.89 bits per heavy atom. The lowest BCUT2D eigenvalue weighted by Gasteiger charge is -2.23. The van der Waals surface area contributed by atoms with E-state index >= 15 is 0 Å². The Hall–Kier alpha value is -2.98. The molecule has 2 heterocycles. The quantitative estimate of drug-likeness (QED) is 0.315. The van der Waals surface area contributed by atoms with Gasteiger partial charge in [0.25, 0.3) is 15.9 Å². The second-order valence-electron chi connectivity index (χ2n) is 8.61. The van der Waals surface area contributed by atoms with Crippen LogP contribution in [-0.4, -0.2) is 38.6 Å². The summed E-state index contributed by atoms with van der Waals surface area (Å²) in [4.78, 5) is 20.2. The lowest BCUT2D eigenvalue weighted by Crippen LogP contribution is -2.37. The van der Waals surface area contributed by atoms with Gasteiger partial charge in [0, 0.05) is 22.9 Å². The van der Waals surface area contributed by atoms with Crippen molar-refractivity contribution < 1.29 is 17.9 Å². The Labute approximate surface area is 218 Å². The minimum absolute atomic E-state index is 0.0486. The van der Waals surface area contributed by atoms with Crippen molar-refractivity contribution in [2.75, 3.05) is 22.8 Å². The predicted octanol–water partition coefficient (Wildman–Crippen LogP) is 5.88. The number of nitrogens with one attached hydrogen (secondary N) is 1. The number of hydrogen-bond acceptors (Lipinski definition) is 6. The zero-order valence-electron chi connectivity index (χ0n) is 19.5. The Morgan fingerprint density at radius 3 is 2.56 bits per heavy atom. The van der Waals surface area contributed by atoms with E-state index in [-0.39, 0.29) is 16.9 Å². The second-order valence-corrected chi connectivity index (χ2v) is 11.7. The molecule has 1 aliphatic heterocycles. The molecule has 3 aromatic carbocycles. The maximum Gasteiger partial charge on any atom is 0.261 e. The van der Waals surface area contributed by atoms with Gasteiger partial charge in [-0.05, 0) is 79.9 Å². The van der Waals surface area contributed by atoms with Gasteiger partial charge in [-0.1, -0.05) is 35.1 Å². The first-order valence-corrected chi connectivity index (χ1v) is 14.2. The summed E-state index contributed by atoms with van der Waals surface area (Å²) in [5.74, 6) is -0.214. The fourth-order valence-electron chi connectivity index (χ4n) is 4.09. The van der Waals surface area contributed by atoms with Gasteiger partial charge >= 0.3 is 0 Å². The van der Waals surface area contributed by atoms with E-state index in [2.05, 4.69) is 4.72 Å². The molecule has 1 aliphatic rings. The first-order valence-electron chi connectivity index (χ1n) is 11.5. The fraction of sp³-hybridized carbons (Fsp3) is 0.231. The molecule has 7 nitrogen and oxygen atoms in total. The van der Waals surface area contributed by atoms with E-state index in [0.29, 0.717) is 34.6 Å². The highest BCUT2D eigenvalue weighted by atomic mass is 35.5. The van der Waals surface area contributed by atoms with Crippen LogP contribution in [0.4, 0.5) is 10.8 Å². The topological polar surface area (TPSA) is 88.6 Å². The van der Waals surface area contributed by atoms with Crippen LogP contribution >= 0.6 is 22.9 Å². The number of rotatable bonds is 7. The minimum atomic E-state index is -3.79. The smallest absolute Gasteiger partial charge is 0.261 e. The summed E-state index contributed by atoms with van der Waals surface area (Å²) in [5.41, 5.74) is 2.72. The van der Waals surface area contributed by atoms with Crippen molar-refractivity contribution in [2.45, 2.75) is 30.8 Å². The number of anilines is 2. The number of fused-ring (bicyclic) bond motifs is 1. The lowest BCUT2D eigenvalue weighted by atomic mass is 10.1. The monoisotopic (exact) mass is 541 g/mol. The van der Waals surface area contributed by atoms with Crippen molar-refractivity contribution in [3.8, 4) is 0 Å². The Kier molecular flexibility index (Phi) is 6.98. The molecule has 1 unspecified atom stereocenters. The summed E-state index contributed by atoms with van der Waals surface area (Å²) in [6.07, 6.45) is 1.81. The van der Waals surface area contributed by atoms with Crippen molar-refractivity contribution in [3.05, 3.63) is 82.9 Å². The van der Waals surface area contributed by atoms with E-state index in [1.165, 1.54) is 35.6 Å². The van der Waals surface area contributed by atoms with Crippen LogP contribution in [0.15, 0.2) is 71.6 Å². The number of benzene rings is 3. The Balaban J connectivity index is 1.40. The molecular formula is C26H24ClN3O4S2. The highest BCUT2D eigenvalue weighted by Gasteiger charge is 2.27. The standard InChI is InChI=1S/C26H24ClN3O4S2/c1-17-4-2-6-23-24(17)28-26(35-23)30(16-21-5-3-15-34-21)25(31)18-7-11-20(12-8-18)29-36(32,33)22-13-9-19(27)10-14-22/h2,4,6-14,21,29H,3,5,15-16H2,1H3.